The summed E-state index contributed by atoms with van der Waals surface area (Å²) in [5.74, 6) is 1.01. The number of carbonyl (C=O) groups excluding carboxylic acids is 1. The van der Waals surface area contributed by atoms with Crippen LogP contribution in [0.4, 0.5) is 4.79 Å². The third kappa shape index (κ3) is 6.49. The molecule has 1 aromatic heterocycles. The van der Waals surface area contributed by atoms with E-state index in [2.05, 4.69) is 24.1 Å². The SMILES string of the molecule is CC(C)(c1ccc(OCCCNC(=O)O)cc1)c1ccc(OCc2nc(C(N)=O)co2)cc1. The Morgan fingerprint density at radius 2 is 1.61 bits per heavy atom. The van der Waals surface area contributed by atoms with Crippen LogP contribution in [0.25, 0.3) is 0 Å². The van der Waals surface area contributed by atoms with E-state index in [0.717, 1.165) is 16.9 Å². The van der Waals surface area contributed by atoms with Crippen LogP contribution < -0.4 is 20.5 Å². The Kier molecular flexibility index (Phi) is 7.55. The van der Waals surface area contributed by atoms with Crippen LogP contribution in [-0.4, -0.2) is 35.2 Å². The van der Waals surface area contributed by atoms with Gasteiger partial charge in [-0.05, 0) is 41.8 Å². The molecule has 0 aliphatic rings. The molecular weight excluding hydrogens is 426 g/mol. The minimum atomic E-state index is -1.03. The van der Waals surface area contributed by atoms with Crippen molar-refractivity contribution in [3.05, 3.63) is 77.5 Å². The average molecular weight is 453 g/mol. The minimum Gasteiger partial charge on any atom is -0.494 e. The first kappa shape index (κ1) is 23.6. The van der Waals surface area contributed by atoms with Gasteiger partial charge in [-0.3, -0.25) is 4.79 Å². The minimum absolute atomic E-state index is 0.0670. The molecule has 2 aromatic carbocycles. The lowest BCUT2D eigenvalue weighted by molar-refractivity contribution is 0.0995. The normalized spacial score (nSPS) is 11.1. The van der Waals surface area contributed by atoms with E-state index in [1.54, 1.807) is 0 Å². The lowest BCUT2D eigenvalue weighted by atomic mass is 9.78. The van der Waals surface area contributed by atoms with Crippen molar-refractivity contribution in [2.45, 2.75) is 32.3 Å². The zero-order chi connectivity index (χ0) is 23.8. The molecule has 4 N–H and O–H groups in total. The lowest BCUT2D eigenvalue weighted by Crippen LogP contribution is -2.23. The molecule has 0 spiro atoms. The van der Waals surface area contributed by atoms with E-state index >= 15 is 0 Å². The second kappa shape index (κ2) is 10.5. The van der Waals surface area contributed by atoms with Crippen molar-refractivity contribution in [2.24, 2.45) is 5.73 Å². The van der Waals surface area contributed by atoms with Crippen LogP contribution in [0.1, 0.15) is 47.8 Å². The quantitative estimate of drug-likeness (QED) is 0.376. The van der Waals surface area contributed by atoms with Gasteiger partial charge in [0.1, 0.15) is 17.8 Å². The number of rotatable bonds is 11. The average Bonchev–Trinajstić information content (AvgIpc) is 3.27. The fraction of sp³-hybridized carbons (Fsp3) is 0.292. The van der Waals surface area contributed by atoms with Crippen LogP contribution in [0.5, 0.6) is 11.5 Å². The zero-order valence-electron chi connectivity index (χ0n) is 18.5. The maximum atomic E-state index is 11.1. The van der Waals surface area contributed by atoms with Crippen molar-refractivity contribution in [3.63, 3.8) is 0 Å². The highest BCUT2D eigenvalue weighted by atomic mass is 16.5. The Morgan fingerprint density at radius 3 is 2.12 bits per heavy atom. The monoisotopic (exact) mass is 453 g/mol. The fourth-order valence-corrected chi connectivity index (χ4v) is 3.20. The van der Waals surface area contributed by atoms with Gasteiger partial charge in [0, 0.05) is 12.0 Å². The van der Waals surface area contributed by atoms with Crippen molar-refractivity contribution in [3.8, 4) is 11.5 Å². The Bertz CT molecular complexity index is 1070. The number of oxazole rings is 1. The first-order valence-corrected chi connectivity index (χ1v) is 10.4. The van der Waals surface area contributed by atoms with Crippen LogP contribution in [0.2, 0.25) is 0 Å². The molecule has 0 aliphatic heterocycles. The summed E-state index contributed by atoms with van der Waals surface area (Å²) < 4.78 is 16.5. The maximum Gasteiger partial charge on any atom is 0.404 e. The highest BCUT2D eigenvalue weighted by Crippen LogP contribution is 2.33. The number of carbonyl (C=O) groups is 2. The number of carboxylic acid groups (broad SMARTS) is 1. The number of hydrogen-bond donors (Lipinski definition) is 3. The molecule has 0 saturated heterocycles. The van der Waals surface area contributed by atoms with Crippen molar-refractivity contribution in [1.82, 2.24) is 10.3 Å². The van der Waals surface area contributed by atoms with Gasteiger partial charge in [0.2, 0.25) is 5.89 Å². The van der Waals surface area contributed by atoms with Gasteiger partial charge >= 0.3 is 6.09 Å². The molecule has 9 heteroatoms. The van der Waals surface area contributed by atoms with Gasteiger partial charge in [-0.15, -0.1) is 0 Å². The first-order valence-electron chi connectivity index (χ1n) is 10.4. The third-order valence-electron chi connectivity index (χ3n) is 5.18. The summed E-state index contributed by atoms with van der Waals surface area (Å²) >= 11 is 0. The number of nitrogens with one attached hydrogen (secondary N) is 1. The molecule has 0 fully saturated rings. The van der Waals surface area contributed by atoms with Crippen LogP contribution in [0, 0.1) is 0 Å². The van der Waals surface area contributed by atoms with Gasteiger partial charge in [-0.1, -0.05) is 38.1 Å². The van der Waals surface area contributed by atoms with Gasteiger partial charge in [-0.2, -0.15) is 0 Å². The number of nitrogens with zero attached hydrogens (tertiary/aromatic N) is 1. The molecule has 2 amide bonds. The van der Waals surface area contributed by atoms with Crippen molar-refractivity contribution in [1.29, 1.82) is 0 Å². The van der Waals surface area contributed by atoms with Gasteiger partial charge in [0.25, 0.3) is 5.91 Å². The maximum absolute atomic E-state index is 11.1. The highest BCUT2D eigenvalue weighted by molar-refractivity contribution is 5.90. The lowest BCUT2D eigenvalue weighted by Gasteiger charge is -2.26. The molecule has 33 heavy (non-hydrogen) atoms. The van der Waals surface area contributed by atoms with E-state index in [1.165, 1.54) is 6.26 Å². The van der Waals surface area contributed by atoms with Crippen molar-refractivity contribution in [2.75, 3.05) is 13.2 Å². The predicted molar refractivity (Wildman–Crippen MR) is 121 cm³/mol. The Balaban J connectivity index is 1.55. The van der Waals surface area contributed by atoms with E-state index in [1.807, 2.05) is 48.5 Å². The van der Waals surface area contributed by atoms with Gasteiger partial charge < -0.3 is 30.0 Å². The number of nitrogens with two attached hydrogens (primary N) is 1. The van der Waals surface area contributed by atoms with Gasteiger partial charge in [0.15, 0.2) is 12.3 Å². The second-order valence-electron chi connectivity index (χ2n) is 7.89. The summed E-state index contributed by atoms with van der Waals surface area (Å²) in [4.78, 5) is 25.5. The molecule has 0 aliphatic carbocycles. The topological polar surface area (TPSA) is 137 Å². The summed E-state index contributed by atoms with van der Waals surface area (Å²) in [6, 6.07) is 15.6. The number of ether oxygens (including phenoxy) is 2. The zero-order valence-corrected chi connectivity index (χ0v) is 18.5. The van der Waals surface area contributed by atoms with Crippen LogP contribution in [0.3, 0.4) is 0 Å². The Labute approximate surface area is 191 Å². The Hall–Kier alpha value is -4.01. The molecule has 3 aromatic rings. The Morgan fingerprint density at radius 1 is 1.03 bits per heavy atom. The summed E-state index contributed by atoms with van der Waals surface area (Å²) in [5.41, 5.74) is 7.21. The largest absolute Gasteiger partial charge is 0.494 e. The third-order valence-corrected chi connectivity index (χ3v) is 5.18. The van der Waals surface area contributed by atoms with E-state index in [0.29, 0.717) is 25.3 Å². The van der Waals surface area contributed by atoms with E-state index in [9.17, 15) is 9.59 Å². The highest BCUT2D eigenvalue weighted by Gasteiger charge is 2.23. The molecule has 0 bridgehead atoms. The summed E-state index contributed by atoms with van der Waals surface area (Å²) in [7, 11) is 0. The molecule has 0 saturated carbocycles. The summed E-state index contributed by atoms with van der Waals surface area (Å²) in [6.45, 7) is 5.14. The van der Waals surface area contributed by atoms with Crippen LogP contribution >= 0.6 is 0 Å². The van der Waals surface area contributed by atoms with E-state index < -0.39 is 12.0 Å². The van der Waals surface area contributed by atoms with E-state index in [-0.39, 0.29) is 23.6 Å². The standard InChI is InChI=1S/C24H27N3O6/c1-24(2,16-4-8-18(9-5-16)31-13-3-12-26-23(29)30)17-6-10-19(11-7-17)32-15-21-27-20(14-33-21)22(25)28/h4-11,14,26H,3,12-13,15H2,1-2H3,(H2,25,28)(H,29,30). The van der Waals surface area contributed by atoms with Crippen LogP contribution in [0.15, 0.2) is 59.2 Å². The fourth-order valence-electron chi connectivity index (χ4n) is 3.20. The number of benzene rings is 2. The molecule has 0 atom stereocenters. The molecule has 174 valence electrons. The number of primary amides is 1. The molecular formula is C24H27N3O6. The van der Waals surface area contributed by atoms with Gasteiger partial charge in [0.05, 0.1) is 6.61 Å². The number of hydrogen-bond acceptors (Lipinski definition) is 6. The summed E-state index contributed by atoms with van der Waals surface area (Å²) in [6.07, 6.45) is 0.769. The van der Waals surface area contributed by atoms with Crippen molar-refractivity contribution < 1.29 is 28.6 Å². The van der Waals surface area contributed by atoms with Crippen LogP contribution in [-0.2, 0) is 12.0 Å². The smallest absolute Gasteiger partial charge is 0.404 e. The molecule has 0 unspecified atom stereocenters. The van der Waals surface area contributed by atoms with E-state index in [4.69, 9.17) is 24.7 Å². The van der Waals surface area contributed by atoms with Gasteiger partial charge in [-0.25, -0.2) is 9.78 Å². The number of amides is 2. The molecule has 9 nitrogen and oxygen atoms in total. The predicted octanol–water partition coefficient (Wildman–Crippen LogP) is 3.71. The first-order chi connectivity index (χ1) is 15.8. The second-order valence-corrected chi connectivity index (χ2v) is 7.89. The molecule has 3 rings (SSSR count). The van der Waals surface area contributed by atoms with Crippen molar-refractivity contribution >= 4 is 12.0 Å². The molecule has 1 heterocycles. The summed E-state index contributed by atoms with van der Waals surface area (Å²) in [5, 5.41) is 10.9. The molecule has 0 radical (unpaired) electrons. The number of aromatic nitrogens is 1.